The van der Waals surface area contributed by atoms with Gasteiger partial charge in [0.25, 0.3) is 0 Å². The van der Waals surface area contributed by atoms with E-state index in [4.69, 9.17) is 5.84 Å². The number of benzene rings is 1. The fourth-order valence-corrected chi connectivity index (χ4v) is 4.38. The Hall–Kier alpha value is -0.330. The van der Waals surface area contributed by atoms with Gasteiger partial charge < -0.3 is 0 Å². The number of hydrogen-bond donors (Lipinski definition) is 2. The van der Waals surface area contributed by atoms with Crippen molar-refractivity contribution in [3.8, 4) is 0 Å². The number of nitrogens with two attached hydrogens (primary N) is 1. The molecule has 0 fully saturated rings. The molecule has 0 radical (unpaired) electrons. The van der Waals surface area contributed by atoms with Crippen LogP contribution in [0.4, 0.5) is 0 Å². The topological polar surface area (TPSA) is 38.0 Å². The molecule has 3 N–H and O–H groups in total. The Morgan fingerprint density at radius 1 is 1.39 bits per heavy atom. The van der Waals surface area contributed by atoms with Gasteiger partial charge >= 0.3 is 0 Å². The van der Waals surface area contributed by atoms with Gasteiger partial charge in [-0.1, -0.05) is 18.2 Å². The normalized spacial score (nSPS) is 12.6. The van der Waals surface area contributed by atoms with Gasteiger partial charge in [-0.15, -0.1) is 11.8 Å². The summed E-state index contributed by atoms with van der Waals surface area (Å²) in [5.74, 6) is 6.57. The lowest BCUT2D eigenvalue weighted by Gasteiger charge is -2.15. The maximum absolute atomic E-state index is 5.66. The summed E-state index contributed by atoms with van der Waals surface area (Å²) in [6.07, 6.45) is 0. The molecule has 1 heterocycles. The quantitative estimate of drug-likeness (QED) is 0.487. The first kappa shape index (κ1) is 14.1. The second-order valence-corrected chi connectivity index (χ2v) is 6.63. The Morgan fingerprint density at radius 2 is 2.17 bits per heavy atom. The zero-order valence-electron chi connectivity index (χ0n) is 10.0. The van der Waals surface area contributed by atoms with Crippen molar-refractivity contribution in [1.82, 2.24) is 5.43 Å². The van der Waals surface area contributed by atoms with Crippen LogP contribution in [0.15, 0.2) is 44.4 Å². The second kappa shape index (κ2) is 6.73. The SMILES string of the molecule is Cc1ccccc1SCC(NN)c1cscc1Br. The summed E-state index contributed by atoms with van der Waals surface area (Å²) in [5.41, 5.74) is 5.42. The van der Waals surface area contributed by atoms with Gasteiger partial charge in [0.1, 0.15) is 0 Å². The summed E-state index contributed by atoms with van der Waals surface area (Å²) in [5, 5.41) is 4.21. The Morgan fingerprint density at radius 3 is 2.78 bits per heavy atom. The largest absolute Gasteiger partial charge is 0.271 e. The van der Waals surface area contributed by atoms with E-state index in [1.807, 2.05) is 11.8 Å². The number of nitrogens with one attached hydrogen (secondary N) is 1. The first-order valence-corrected chi connectivity index (χ1v) is 8.30. The predicted octanol–water partition coefficient (Wildman–Crippen LogP) is 4.12. The molecular weight excluding hydrogens is 328 g/mol. The lowest BCUT2D eigenvalue weighted by molar-refractivity contribution is 0.610. The molecule has 0 spiro atoms. The summed E-state index contributed by atoms with van der Waals surface area (Å²) >= 11 is 7.07. The van der Waals surface area contributed by atoms with E-state index >= 15 is 0 Å². The zero-order chi connectivity index (χ0) is 13.0. The van der Waals surface area contributed by atoms with Crippen LogP contribution in [0.3, 0.4) is 0 Å². The van der Waals surface area contributed by atoms with Crippen molar-refractivity contribution in [3.05, 3.63) is 50.6 Å². The maximum atomic E-state index is 5.66. The highest BCUT2D eigenvalue weighted by molar-refractivity contribution is 9.10. The Balaban J connectivity index is 2.05. The van der Waals surface area contributed by atoms with Crippen LogP contribution < -0.4 is 11.3 Å². The molecule has 1 atom stereocenters. The minimum Gasteiger partial charge on any atom is -0.271 e. The van der Waals surface area contributed by atoms with Crippen LogP contribution >= 0.6 is 39.0 Å². The lowest BCUT2D eigenvalue weighted by atomic mass is 10.2. The molecule has 2 aromatic rings. The van der Waals surface area contributed by atoms with E-state index in [1.165, 1.54) is 16.0 Å². The maximum Gasteiger partial charge on any atom is 0.0573 e. The van der Waals surface area contributed by atoms with E-state index in [-0.39, 0.29) is 6.04 Å². The van der Waals surface area contributed by atoms with Crippen LogP contribution in [-0.2, 0) is 0 Å². The molecule has 0 amide bonds. The fraction of sp³-hybridized carbons (Fsp3) is 0.231. The molecule has 5 heteroatoms. The third-order valence-electron chi connectivity index (χ3n) is 2.72. The van der Waals surface area contributed by atoms with E-state index in [0.717, 1.165) is 10.2 Å². The molecule has 0 bridgehead atoms. The van der Waals surface area contributed by atoms with Crippen molar-refractivity contribution in [1.29, 1.82) is 0 Å². The molecule has 18 heavy (non-hydrogen) atoms. The minimum atomic E-state index is 0.162. The fourth-order valence-electron chi connectivity index (χ4n) is 1.66. The lowest BCUT2D eigenvalue weighted by Crippen LogP contribution is -2.29. The van der Waals surface area contributed by atoms with E-state index in [9.17, 15) is 0 Å². The number of thiophene rings is 1. The monoisotopic (exact) mass is 342 g/mol. The minimum absolute atomic E-state index is 0.162. The third-order valence-corrected chi connectivity index (χ3v) is 5.74. The molecule has 1 unspecified atom stereocenters. The third kappa shape index (κ3) is 3.36. The van der Waals surface area contributed by atoms with E-state index in [2.05, 4.69) is 63.3 Å². The molecule has 1 aromatic heterocycles. The predicted molar refractivity (Wildman–Crippen MR) is 84.0 cm³/mol. The van der Waals surface area contributed by atoms with Crippen molar-refractivity contribution in [2.24, 2.45) is 5.84 Å². The summed E-state index contributed by atoms with van der Waals surface area (Å²) in [7, 11) is 0. The molecule has 0 saturated carbocycles. The zero-order valence-corrected chi connectivity index (χ0v) is 13.2. The molecule has 0 saturated heterocycles. The molecule has 0 aliphatic rings. The average molecular weight is 343 g/mol. The van der Waals surface area contributed by atoms with Crippen LogP contribution in [0.2, 0.25) is 0 Å². The first-order valence-electron chi connectivity index (χ1n) is 5.58. The number of rotatable bonds is 5. The van der Waals surface area contributed by atoms with Crippen molar-refractivity contribution in [3.63, 3.8) is 0 Å². The summed E-state index contributed by atoms with van der Waals surface area (Å²) in [4.78, 5) is 1.31. The molecule has 0 aliphatic heterocycles. The number of halogens is 1. The molecular formula is C13H15BrN2S2. The van der Waals surface area contributed by atoms with Crippen LogP contribution in [-0.4, -0.2) is 5.75 Å². The average Bonchev–Trinajstić information content (AvgIpc) is 2.79. The summed E-state index contributed by atoms with van der Waals surface area (Å²) in [6, 6.07) is 8.58. The highest BCUT2D eigenvalue weighted by Crippen LogP contribution is 2.31. The summed E-state index contributed by atoms with van der Waals surface area (Å²) in [6.45, 7) is 2.13. The summed E-state index contributed by atoms with van der Waals surface area (Å²) < 4.78 is 1.13. The van der Waals surface area contributed by atoms with Gasteiger partial charge in [-0.05, 0) is 45.4 Å². The molecule has 2 rings (SSSR count). The van der Waals surface area contributed by atoms with E-state index < -0.39 is 0 Å². The molecule has 2 nitrogen and oxygen atoms in total. The van der Waals surface area contributed by atoms with Crippen LogP contribution in [0.25, 0.3) is 0 Å². The van der Waals surface area contributed by atoms with Crippen molar-refractivity contribution in [2.75, 3.05) is 5.75 Å². The number of aryl methyl sites for hydroxylation is 1. The van der Waals surface area contributed by atoms with Gasteiger partial charge in [0.2, 0.25) is 0 Å². The van der Waals surface area contributed by atoms with Gasteiger partial charge in [0.05, 0.1) is 6.04 Å². The Kier molecular flexibility index (Phi) is 5.26. The van der Waals surface area contributed by atoms with Gasteiger partial charge in [-0.2, -0.15) is 11.3 Å². The first-order chi connectivity index (χ1) is 8.72. The highest BCUT2D eigenvalue weighted by Gasteiger charge is 2.14. The number of hydrogen-bond acceptors (Lipinski definition) is 4. The molecule has 1 aromatic carbocycles. The van der Waals surface area contributed by atoms with Crippen LogP contribution in [0.5, 0.6) is 0 Å². The van der Waals surface area contributed by atoms with Crippen molar-refractivity contribution in [2.45, 2.75) is 17.9 Å². The second-order valence-electron chi connectivity index (χ2n) is 3.97. The van der Waals surface area contributed by atoms with Crippen molar-refractivity contribution >= 4 is 39.0 Å². The Bertz CT molecular complexity index is 513. The molecule has 96 valence electrons. The van der Waals surface area contributed by atoms with E-state index in [1.54, 1.807) is 11.3 Å². The van der Waals surface area contributed by atoms with E-state index in [0.29, 0.717) is 0 Å². The van der Waals surface area contributed by atoms with Gasteiger partial charge in [-0.25, -0.2) is 0 Å². The Labute approximate surface area is 124 Å². The number of hydrazine groups is 1. The van der Waals surface area contributed by atoms with Crippen LogP contribution in [0, 0.1) is 6.92 Å². The van der Waals surface area contributed by atoms with Crippen LogP contribution in [0.1, 0.15) is 17.2 Å². The standard InChI is InChI=1S/C13H15BrN2S2/c1-9-4-2-3-5-13(9)18-8-12(16-15)10-6-17-7-11(10)14/h2-7,12,16H,8,15H2,1H3. The van der Waals surface area contributed by atoms with Gasteiger partial charge in [0.15, 0.2) is 0 Å². The van der Waals surface area contributed by atoms with Gasteiger partial charge in [0, 0.05) is 20.5 Å². The number of thioether (sulfide) groups is 1. The highest BCUT2D eigenvalue weighted by atomic mass is 79.9. The molecule has 0 aliphatic carbocycles. The van der Waals surface area contributed by atoms with Gasteiger partial charge in [-0.3, -0.25) is 11.3 Å². The van der Waals surface area contributed by atoms with Crippen molar-refractivity contribution < 1.29 is 0 Å². The smallest absolute Gasteiger partial charge is 0.0573 e.